The van der Waals surface area contributed by atoms with Crippen molar-refractivity contribution in [3.63, 3.8) is 0 Å². The number of aromatic nitrogens is 2. The number of benzene rings is 1. The number of carbonyl (C=O) groups excluding carboxylic acids is 1. The van der Waals surface area contributed by atoms with Gasteiger partial charge in [0.1, 0.15) is 5.56 Å². The van der Waals surface area contributed by atoms with Gasteiger partial charge in [-0.2, -0.15) is 0 Å². The first-order valence-corrected chi connectivity index (χ1v) is 9.61. The number of hydrogen-bond donors (Lipinski definition) is 1. The molecule has 3 aromatic rings. The third kappa shape index (κ3) is 4.11. The molecule has 0 aliphatic carbocycles. The van der Waals surface area contributed by atoms with Crippen LogP contribution in [0.1, 0.15) is 21.7 Å². The molecule has 1 saturated heterocycles. The second-order valence-corrected chi connectivity index (χ2v) is 6.91. The zero-order chi connectivity index (χ0) is 21.1. The maximum Gasteiger partial charge on any atom is 0.349 e. The van der Waals surface area contributed by atoms with Gasteiger partial charge in [0.25, 0.3) is 5.91 Å². The van der Waals surface area contributed by atoms with Crippen molar-refractivity contribution >= 4 is 22.8 Å². The van der Waals surface area contributed by atoms with Crippen molar-refractivity contribution in [3.8, 4) is 5.75 Å². The molecule has 3 heterocycles. The van der Waals surface area contributed by atoms with Gasteiger partial charge in [0.05, 0.1) is 32.6 Å². The van der Waals surface area contributed by atoms with Crippen LogP contribution in [0, 0.1) is 6.92 Å². The zero-order valence-corrected chi connectivity index (χ0v) is 16.8. The van der Waals surface area contributed by atoms with Gasteiger partial charge in [-0.25, -0.2) is 14.8 Å². The first-order chi connectivity index (χ1) is 14.5. The minimum atomic E-state index is -0.725. The first-order valence-electron chi connectivity index (χ1n) is 9.61. The number of anilines is 1. The number of methoxy groups -OCH3 is 1. The maximum absolute atomic E-state index is 12.6. The Morgan fingerprint density at radius 2 is 2.03 bits per heavy atom. The van der Waals surface area contributed by atoms with Crippen molar-refractivity contribution < 1.29 is 18.7 Å². The molecule has 0 atom stereocenters. The standard InChI is InChI=1S/C21H22N4O5/c1-13-10-15(24-21(23-13)25-6-8-29-9-7-25)12-22-19(26)16-11-14-4-3-5-17(28-2)18(14)30-20(16)27/h3-5,10-11H,6-9,12H2,1-2H3,(H,22,26). The molecule has 1 aromatic carbocycles. The Bertz CT molecular complexity index is 1140. The van der Waals surface area contributed by atoms with Crippen LogP contribution in [-0.2, 0) is 11.3 Å². The molecule has 0 bridgehead atoms. The molecule has 0 radical (unpaired) electrons. The van der Waals surface area contributed by atoms with E-state index in [0.29, 0.717) is 41.6 Å². The van der Waals surface area contributed by atoms with Gasteiger partial charge in [0.2, 0.25) is 5.95 Å². The molecular formula is C21H22N4O5. The van der Waals surface area contributed by atoms with E-state index in [9.17, 15) is 9.59 Å². The Morgan fingerprint density at radius 1 is 1.23 bits per heavy atom. The highest BCUT2D eigenvalue weighted by atomic mass is 16.5. The van der Waals surface area contributed by atoms with Crippen LogP contribution in [0.2, 0.25) is 0 Å². The van der Waals surface area contributed by atoms with Crippen molar-refractivity contribution in [2.24, 2.45) is 0 Å². The van der Waals surface area contributed by atoms with Crippen molar-refractivity contribution in [1.82, 2.24) is 15.3 Å². The van der Waals surface area contributed by atoms with Gasteiger partial charge in [-0.15, -0.1) is 0 Å². The number of carbonyl (C=O) groups is 1. The number of aryl methyl sites for hydroxylation is 1. The van der Waals surface area contributed by atoms with E-state index in [1.54, 1.807) is 24.3 Å². The van der Waals surface area contributed by atoms with Crippen molar-refractivity contribution in [3.05, 3.63) is 57.7 Å². The molecule has 1 amide bonds. The van der Waals surface area contributed by atoms with Gasteiger partial charge >= 0.3 is 5.63 Å². The summed E-state index contributed by atoms with van der Waals surface area (Å²) in [4.78, 5) is 36.0. The molecule has 2 aromatic heterocycles. The minimum absolute atomic E-state index is 0.0741. The second-order valence-electron chi connectivity index (χ2n) is 6.91. The summed E-state index contributed by atoms with van der Waals surface area (Å²) >= 11 is 0. The average molecular weight is 410 g/mol. The summed E-state index contributed by atoms with van der Waals surface area (Å²) in [7, 11) is 1.49. The topological polar surface area (TPSA) is 107 Å². The molecule has 9 heteroatoms. The summed E-state index contributed by atoms with van der Waals surface area (Å²) in [5, 5.41) is 3.35. The van der Waals surface area contributed by atoms with Crippen molar-refractivity contribution in [2.75, 3.05) is 38.3 Å². The SMILES string of the molecule is COc1cccc2cc(C(=O)NCc3cc(C)nc(N4CCOCC4)n3)c(=O)oc12. The van der Waals surface area contributed by atoms with E-state index in [1.807, 2.05) is 11.8 Å². The molecule has 4 rings (SSSR count). The number of amides is 1. The summed E-state index contributed by atoms with van der Waals surface area (Å²) in [5.74, 6) is 0.515. The molecule has 1 aliphatic heterocycles. The van der Waals surface area contributed by atoms with Crippen LogP contribution in [0.3, 0.4) is 0 Å². The van der Waals surface area contributed by atoms with E-state index in [4.69, 9.17) is 13.9 Å². The third-order valence-corrected chi connectivity index (χ3v) is 4.81. The summed E-state index contributed by atoms with van der Waals surface area (Å²) < 4.78 is 15.9. The van der Waals surface area contributed by atoms with Gasteiger partial charge in [0.15, 0.2) is 11.3 Å². The Morgan fingerprint density at radius 3 is 2.80 bits per heavy atom. The number of nitrogens with zero attached hydrogens (tertiary/aromatic N) is 3. The lowest BCUT2D eigenvalue weighted by atomic mass is 10.1. The highest BCUT2D eigenvalue weighted by Gasteiger charge is 2.17. The minimum Gasteiger partial charge on any atom is -0.493 e. The number of para-hydroxylation sites is 1. The van der Waals surface area contributed by atoms with Crippen LogP contribution in [-0.4, -0.2) is 49.3 Å². The van der Waals surface area contributed by atoms with Crippen LogP contribution < -0.4 is 20.6 Å². The highest BCUT2D eigenvalue weighted by molar-refractivity contribution is 5.97. The Balaban J connectivity index is 1.53. The van der Waals surface area contributed by atoms with E-state index in [0.717, 1.165) is 18.8 Å². The van der Waals surface area contributed by atoms with Crippen molar-refractivity contribution in [2.45, 2.75) is 13.5 Å². The quantitative estimate of drug-likeness (QED) is 0.633. The van der Waals surface area contributed by atoms with Crippen LogP contribution in [0.25, 0.3) is 11.0 Å². The van der Waals surface area contributed by atoms with E-state index in [-0.39, 0.29) is 12.1 Å². The molecule has 1 fully saturated rings. The molecule has 0 saturated carbocycles. The summed E-state index contributed by atoms with van der Waals surface area (Å²) in [6, 6.07) is 8.51. The Labute approximate surface area is 172 Å². The predicted octanol–water partition coefficient (Wildman–Crippen LogP) is 1.67. The van der Waals surface area contributed by atoms with Gasteiger partial charge < -0.3 is 24.1 Å². The molecule has 1 aliphatic rings. The van der Waals surface area contributed by atoms with Crippen molar-refractivity contribution in [1.29, 1.82) is 0 Å². The lowest BCUT2D eigenvalue weighted by Crippen LogP contribution is -2.37. The Hall–Kier alpha value is -3.46. The average Bonchev–Trinajstić information content (AvgIpc) is 2.77. The second kappa shape index (κ2) is 8.50. The van der Waals surface area contributed by atoms with E-state index >= 15 is 0 Å². The van der Waals surface area contributed by atoms with Crippen LogP contribution in [0.5, 0.6) is 5.75 Å². The van der Waals surface area contributed by atoms with E-state index < -0.39 is 11.5 Å². The normalized spacial score (nSPS) is 14.0. The Kier molecular flexibility index (Phi) is 5.62. The molecule has 0 unspecified atom stereocenters. The first kappa shape index (κ1) is 19.8. The fraction of sp³-hybridized carbons (Fsp3) is 0.333. The van der Waals surface area contributed by atoms with Crippen LogP contribution in [0.15, 0.2) is 39.5 Å². The summed E-state index contributed by atoms with van der Waals surface area (Å²) in [5.41, 5.74) is 0.965. The van der Waals surface area contributed by atoms with Gasteiger partial charge in [0, 0.05) is 24.2 Å². The third-order valence-electron chi connectivity index (χ3n) is 4.81. The number of morpholine rings is 1. The lowest BCUT2D eigenvalue weighted by molar-refractivity contribution is 0.0947. The molecular weight excluding hydrogens is 388 g/mol. The van der Waals surface area contributed by atoms with Gasteiger partial charge in [-0.1, -0.05) is 12.1 Å². The number of ether oxygens (including phenoxy) is 2. The predicted molar refractivity (Wildman–Crippen MR) is 110 cm³/mol. The molecule has 0 spiro atoms. The fourth-order valence-electron chi connectivity index (χ4n) is 3.32. The smallest absolute Gasteiger partial charge is 0.349 e. The molecule has 156 valence electrons. The number of hydrogen-bond acceptors (Lipinski definition) is 8. The van der Waals surface area contributed by atoms with Crippen LogP contribution in [0.4, 0.5) is 5.95 Å². The molecule has 1 N–H and O–H groups in total. The van der Waals surface area contributed by atoms with Crippen LogP contribution >= 0.6 is 0 Å². The number of nitrogens with one attached hydrogen (secondary N) is 1. The molecule has 9 nitrogen and oxygen atoms in total. The largest absolute Gasteiger partial charge is 0.493 e. The number of fused-ring (bicyclic) bond motifs is 1. The monoisotopic (exact) mass is 410 g/mol. The van der Waals surface area contributed by atoms with E-state index in [2.05, 4.69) is 15.3 Å². The maximum atomic E-state index is 12.6. The summed E-state index contributed by atoms with van der Waals surface area (Å²) in [6.45, 7) is 4.74. The fourth-order valence-corrected chi connectivity index (χ4v) is 3.32. The van der Waals surface area contributed by atoms with Gasteiger partial charge in [-0.3, -0.25) is 4.79 Å². The highest BCUT2D eigenvalue weighted by Crippen LogP contribution is 2.24. The molecule has 30 heavy (non-hydrogen) atoms. The van der Waals surface area contributed by atoms with Gasteiger partial charge in [-0.05, 0) is 25.1 Å². The zero-order valence-electron chi connectivity index (χ0n) is 16.8. The van der Waals surface area contributed by atoms with E-state index in [1.165, 1.54) is 13.2 Å². The lowest BCUT2D eigenvalue weighted by Gasteiger charge is -2.27. The summed E-state index contributed by atoms with van der Waals surface area (Å²) in [6.07, 6.45) is 0. The number of rotatable bonds is 5.